The maximum Gasteiger partial charge on any atom is 0.338 e. The Balaban J connectivity index is 1.81. The molecule has 0 saturated heterocycles. The van der Waals surface area contributed by atoms with Gasteiger partial charge in [-0.25, -0.2) is 4.79 Å². The lowest BCUT2D eigenvalue weighted by Gasteiger charge is -2.13. The SMILES string of the molecule is Cc1cccc(C(=O)OCC(=O)Nc2c(C#N)c(C)c(C)n2-c2ccccc2)c1. The zero-order valence-electron chi connectivity index (χ0n) is 16.5. The normalized spacial score (nSPS) is 10.3. The molecule has 0 unspecified atom stereocenters. The first-order valence-corrected chi connectivity index (χ1v) is 9.13. The smallest absolute Gasteiger partial charge is 0.338 e. The number of nitrogens with zero attached hydrogens (tertiary/aromatic N) is 2. The fourth-order valence-electron chi connectivity index (χ4n) is 3.12. The number of carbonyl (C=O) groups excluding carboxylic acids is 2. The first-order chi connectivity index (χ1) is 13.9. The van der Waals surface area contributed by atoms with Gasteiger partial charge in [-0.1, -0.05) is 35.9 Å². The van der Waals surface area contributed by atoms with E-state index in [0.717, 1.165) is 22.5 Å². The van der Waals surface area contributed by atoms with E-state index in [2.05, 4.69) is 11.4 Å². The van der Waals surface area contributed by atoms with Gasteiger partial charge in [-0.15, -0.1) is 0 Å². The summed E-state index contributed by atoms with van der Waals surface area (Å²) in [5, 5.41) is 12.3. The quantitative estimate of drug-likeness (QED) is 0.669. The summed E-state index contributed by atoms with van der Waals surface area (Å²) in [6.45, 7) is 5.14. The highest BCUT2D eigenvalue weighted by Crippen LogP contribution is 2.29. The average molecular weight is 387 g/mol. The number of aryl methyl sites for hydroxylation is 1. The number of nitriles is 1. The van der Waals surface area contributed by atoms with Gasteiger partial charge < -0.3 is 10.1 Å². The monoisotopic (exact) mass is 387 g/mol. The molecule has 0 bridgehead atoms. The van der Waals surface area contributed by atoms with Crippen molar-refractivity contribution in [2.75, 3.05) is 11.9 Å². The van der Waals surface area contributed by atoms with Gasteiger partial charge in [-0.3, -0.25) is 9.36 Å². The van der Waals surface area contributed by atoms with Crippen LogP contribution >= 0.6 is 0 Å². The molecule has 0 atom stereocenters. The van der Waals surface area contributed by atoms with Crippen molar-refractivity contribution in [3.05, 3.63) is 82.5 Å². The Kier molecular flexibility index (Phi) is 5.79. The van der Waals surface area contributed by atoms with Crippen LogP contribution in [0.1, 0.15) is 32.7 Å². The van der Waals surface area contributed by atoms with Gasteiger partial charge in [0.15, 0.2) is 6.61 Å². The number of hydrogen-bond acceptors (Lipinski definition) is 4. The Labute approximate surface area is 169 Å². The van der Waals surface area contributed by atoms with Crippen molar-refractivity contribution >= 4 is 17.7 Å². The molecule has 3 aromatic rings. The molecule has 1 amide bonds. The van der Waals surface area contributed by atoms with E-state index in [9.17, 15) is 14.9 Å². The van der Waals surface area contributed by atoms with Crippen LogP contribution < -0.4 is 5.32 Å². The van der Waals surface area contributed by atoms with E-state index in [1.807, 2.05) is 61.7 Å². The zero-order valence-corrected chi connectivity index (χ0v) is 16.5. The number of hydrogen-bond donors (Lipinski definition) is 1. The molecular formula is C23H21N3O3. The van der Waals surface area contributed by atoms with Gasteiger partial charge in [0.05, 0.1) is 11.1 Å². The maximum absolute atomic E-state index is 12.5. The van der Waals surface area contributed by atoms with E-state index >= 15 is 0 Å². The van der Waals surface area contributed by atoms with Gasteiger partial charge in [0.25, 0.3) is 5.91 Å². The molecule has 0 fully saturated rings. The van der Waals surface area contributed by atoms with Gasteiger partial charge in [-0.05, 0) is 50.6 Å². The Bertz CT molecular complexity index is 1110. The van der Waals surface area contributed by atoms with E-state index in [1.54, 1.807) is 18.2 Å². The predicted octanol–water partition coefficient (Wildman–Crippen LogP) is 4.07. The summed E-state index contributed by atoms with van der Waals surface area (Å²) in [7, 11) is 0. The molecule has 0 spiro atoms. The minimum Gasteiger partial charge on any atom is -0.452 e. The van der Waals surface area contributed by atoms with Crippen LogP contribution in [0.2, 0.25) is 0 Å². The molecule has 0 saturated carbocycles. The third-order valence-corrected chi connectivity index (χ3v) is 4.69. The highest BCUT2D eigenvalue weighted by atomic mass is 16.5. The van der Waals surface area contributed by atoms with Gasteiger partial charge in [0, 0.05) is 11.4 Å². The first-order valence-electron chi connectivity index (χ1n) is 9.13. The lowest BCUT2D eigenvalue weighted by molar-refractivity contribution is -0.119. The summed E-state index contributed by atoms with van der Waals surface area (Å²) in [6.07, 6.45) is 0. The Morgan fingerprint density at radius 3 is 2.45 bits per heavy atom. The molecule has 1 aromatic heterocycles. The number of carbonyl (C=O) groups is 2. The number of esters is 1. The molecule has 0 aliphatic carbocycles. The van der Waals surface area contributed by atoms with E-state index in [1.165, 1.54) is 0 Å². The van der Waals surface area contributed by atoms with Crippen molar-refractivity contribution in [2.24, 2.45) is 0 Å². The fourth-order valence-corrected chi connectivity index (χ4v) is 3.12. The number of aromatic nitrogens is 1. The van der Waals surface area contributed by atoms with Crippen LogP contribution in [0.5, 0.6) is 0 Å². The molecule has 1 heterocycles. The van der Waals surface area contributed by atoms with Gasteiger partial charge in [0.1, 0.15) is 11.9 Å². The van der Waals surface area contributed by atoms with Crippen LogP contribution in [0.4, 0.5) is 5.82 Å². The van der Waals surface area contributed by atoms with Crippen LogP contribution in [0.15, 0.2) is 54.6 Å². The average Bonchev–Trinajstić information content (AvgIpc) is 2.96. The fraction of sp³-hybridized carbons (Fsp3) is 0.174. The second kappa shape index (κ2) is 8.44. The number of ether oxygens (including phenoxy) is 1. The van der Waals surface area contributed by atoms with Crippen LogP contribution in [-0.4, -0.2) is 23.1 Å². The number of rotatable bonds is 5. The summed E-state index contributed by atoms with van der Waals surface area (Å²) in [6, 6.07) is 18.5. The van der Waals surface area contributed by atoms with Crippen molar-refractivity contribution in [1.29, 1.82) is 5.26 Å². The van der Waals surface area contributed by atoms with E-state index in [0.29, 0.717) is 16.9 Å². The number of amides is 1. The van der Waals surface area contributed by atoms with Crippen molar-refractivity contribution in [3.8, 4) is 11.8 Å². The molecule has 6 heteroatoms. The van der Waals surface area contributed by atoms with Crippen LogP contribution in [0.3, 0.4) is 0 Å². The number of benzene rings is 2. The van der Waals surface area contributed by atoms with Crippen LogP contribution in [0, 0.1) is 32.1 Å². The molecule has 2 aromatic carbocycles. The lowest BCUT2D eigenvalue weighted by atomic mass is 10.1. The lowest BCUT2D eigenvalue weighted by Crippen LogP contribution is -2.23. The highest BCUT2D eigenvalue weighted by molar-refractivity contribution is 5.96. The van der Waals surface area contributed by atoms with Crippen molar-refractivity contribution in [1.82, 2.24) is 4.57 Å². The first kappa shape index (κ1) is 19.9. The standard InChI is InChI=1S/C23H21N3O3/c1-15-8-7-9-18(12-15)23(28)29-14-21(27)25-22-20(13-24)16(2)17(3)26(22)19-10-5-4-6-11-19/h4-12H,14H2,1-3H3,(H,25,27). The minimum absolute atomic E-state index is 0.366. The van der Waals surface area contributed by atoms with Crippen molar-refractivity contribution in [2.45, 2.75) is 20.8 Å². The third kappa shape index (κ3) is 4.19. The number of anilines is 1. The van der Waals surface area contributed by atoms with Gasteiger partial charge in [-0.2, -0.15) is 5.26 Å². The summed E-state index contributed by atoms with van der Waals surface area (Å²) in [5.41, 5.74) is 4.14. The Morgan fingerprint density at radius 1 is 1.07 bits per heavy atom. The molecule has 29 heavy (non-hydrogen) atoms. The summed E-state index contributed by atoms with van der Waals surface area (Å²) >= 11 is 0. The third-order valence-electron chi connectivity index (χ3n) is 4.69. The zero-order chi connectivity index (χ0) is 21.0. The maximum atomic E-state index is 12.5. The van der Waals surface area contributed by atoms with Crippen molar-refractivity contribution in [3.63, 3.8) is 0 Å². The summed E-state index contributed by atoms with van der Waals surface area (Å²) in [5.74, 6) is -0.724. The molecule has 1 N–H and O–H groups in total. The van der Waals surface area contributed by atoms with Gasteiger partial charge >= 0.3 is 5.97 Å². The van der Waals surface area contributed by atoms with E-state index in [4.69, 9.17) is 4.74 Å². The molecular weight excluding hydrogens is 366 g/mol. The minimum atomic E-state index is -0.574. The second-order valence-electron chi connectivity index (χ2n) is 6.71. The molecule has 146 valence electrons. The molecule has 0 aliphatic heterocycles. The van der Waals surface area contributed by atoms with Gasteiger partial charge in [0.2, 0.25) is 0 Å². The van der Waals surface area contributed by atoms with Crippen LogP contribution in [0.25, 0.3) is 5.69 Å². The van der Waals surface area contributed by atoms with E-state index in [-0.39, 0.29) is 0 Å². The number of nitrogens with one attached hydrogen (secondary N) is 1. The highest BCUT2D eigenvalue weighted by Gasteiger charge is 2.21. The predicted molar refractivity (Wildman–Crippen MR) is 110 cm³/mol. The Hall–Kier alpha value is -3.85. The largest absolute Gasteiger partial charge is 0.452 e. The summed E-state index contributed by atoms with van der Waals surface area (Å²) in [4.78, 5) is 24.6. The Morgan fingerprint density at radius 2 is 1.79 bits per heavy atom. The number of para-hydroxylation sites is 1. The summed E-state index contributed by atoms with van der Waals surface area (Å²) < 4.78 is 6.94. The molecule has 3 rings (SSSR count). The molecule has 0 radical (unpaired) electrons. The second-order valence-corrected chi connectivity index (χ2v) is 6.71. The molecule has 0 aliphatic rings. The van der Waals surface area contributed by atoms with Crippen molar-refractivity contribution < 1.29 is 14.3 Å². The topological polar surface area (TPSA) is 84.1 Å². The van der Waals surface area contributed by atoms with E-state index < -0.39 is 18.5 Å². The molecule has 6 nitrogen and oxygen atoms in total. The van der Waals surface area contributed by atoms with Crippen LogP contribution in [-0.2, 0) is 9.53 Å².